The molecule has 0 aromatic carbocycles. The molecule has 0 aliphatic rings. The summed E-state index contributed by atoms with van der Waals surface area (Å²) in [7, 11) is -6.09. The van der Waals surface area contributed by atoms with Gasteiger partial charge in [-0.2, -0.15) is 61.5 Å². The molecule has 0 fully saturated rings. The molecule has 0 N–H and O–H groups in total. The minimum atomic E-state index is -7.10. The van der Waals surface area contributed by atoms with E-state index in [-0.39, 0.29) is 0 Å². The van der Waals surface area contributed by atoms with Gasteiger partial charge >= 0.3 is 36.0 Å². The highest BCUT2D eigenvalue weighted by Crippen LogP contribution is 2.54. The Labute approximate surface area is 162 Å². The van der Waals surface area contributed by atoms with Crippen molar-refractivity contribution in [3.63, 3.8) is 0 Å². The standard InChI is InChI=1S/C12H10F18Si/c13-5(14,1-3-7(17,18)19)9(23,24)11(27,28)31-12(29,30)10(25,26)6(15,16)2-4-8(20,21)22/h1-4,31H2. The topological polar surface area (TPSA) is 0 Å². The van der Waals surface area contributed by atoms with E-state index in [1.807, 2.05) is 0 Å². The fraction of sp³-hybridized carbons (Fsp3) is 1.00. The Hall–Kier alpha value is -1.04. The van der Waals surface area contributed by atoms with Gasteiger partial charge in [0.1, 0.15) is 0 Å². The van der Waals surface area contributed by atoms with Gasteiger partial charge < -0.3 is 0 Å². The second-order valence-corrected chi connectivity index (χ2v) is 8.50. The van der Waals surface area contributed by atoms with E-state index in [4.69, 9.17) is 0 Å². The van der Waals surface area contributed by atoms with Gasteiger partial charge in [0.25, 0.3) is 11.1 Å². The highest BCUT2D eigenvalue weighted by molar-refractivity contribution is 6.43. The van der Waals surface area contributed by atoms with Crippen molar-refractivity contribution >= 4 is 9.52 Å². The molecule has 0 bridgehead atoms. The minimum Gasteiger partial charge on any atom is -0.205 e. The zero-order valence-electron chi connectivity index (χ0n) is 14.3. The van der Waals surface area contributed by atoms with Crippen molar-refractivity contribution in [3.05, 3.63) is 0 Å². The van der Waals surface area contributed by atoms with Crippen LogP contribution >= 0.6 is 0 Å². The third kappa shape index (κ3) is 6.97. The van der Waals surface area contributed by atoms with Gasteiger partial charge in [0, 0.05) is 25.7 Å². The predicted octanol–water partition coefficient (Wildman–Crippen LogP) is 6.57. The van der Waals surface area contributed by atoms with Crippen molar-refractivity contribution in [1.29, 1.82) is 0 Å². The Morgan fingerprint density at radius 1 is 0.355 bits per heavy atom. The summed E-state index contributed by atoms with van der Waals surface area (Å²) in [5.74, 6) is -27.0. The summed E-state index contributed by atoms with van der Waals surface area (Å²) >= 11 is 0. The third-order valence-corrected chi connectivity index (χ3v) is 5.50. The Balaban J connectivity index is 5.83. The summed E-state index contributed by atoms with van der Waals surface area (Å²) in [6.07, 6.45) is -23.0. The SMILES string of the molecule is FC(F)(F)CCC(F)(F)C(F)(F)C(F)(F)[SiH2]C(F)(F)C(F)(F)C(F)(F)CCC(F)(F)F. The van der Waals surface area contributed by atoms with Crippen molar-refractivity contribution in [2.45, 2.75) is 72.8 Å². The minimum absolute atomic E-state index is 2.82. The summed E-state index contributed by atoms with van der Waals surface area (Å²) in [4.78, 5) is 0. The summed E-state index contributed by atoms with van der Waals surface area (Å²) in [5.41, 5.74) is -13.7. The number of alkyl halides is 18. The Morgan fingerprint density at radius 2 is 0.581 bits per heavy atom. The average Bonchev–Trinajstić information content (AvgIpc) is 2.48. The number of hydrogen-bond donors (Lipinski definition) is 0. The van der Waals surface area contributed by atoms with E-state index in [2.05, 4.69) is 0 Å². The molecule has 188 valence electrons. The molecule has 0 radical (unpaired) electrons. The molecule has 0 aromatic rings. The lowest BCUT2D eigenvalue weighted by molar-refractivity contribution is -0.305. The summed E-state index contributed by atoms with van der Waals surface area (Å²) in [5, 5.41) is 0. The van der Waals surface area contributed by atoms with Crippen LogP contribution in [0.1, 0.15) is 25.7 Å². The van der Waals surface area contributed by atoms with Crippen LogP contribution in [0.3, 0.4) is 0 Å². The van der Waals surface area contributed by atoms with Crippen LogP contribution in [0.25, 0.3) is 0 Å². The first-order valence-electron chi connectivity index (χ1n) is 7.52. The molecule has 19 heteroatoms. The maximum absolute atomic E-state index is 13.4. The van der Waals surface area contributed by atoms with Gasteiger partial charge in [-0.3, -0.25) is 0 Å². The Bertz CT molecular complexity index is 548. The van der Waals surface area contributed by atoms with E-state index < -0.39 is 82.3 Å². The molecule has 0 unspecified atom stereocenters. The summed E-state index contributed by atoms with van der Waals surface area (Å²) < 4.78 is 231. The van der Waals surface area contributed by atoms with Gasteiger partial charge in [0.05, 0.1) is 0 Å². The normalized spacial score (nSPS) is 16.1. The molecule has 0 aliphatic carbocycles. The lowest BCUT2D eigenvalue weighted by Gasteiger charge is -2.38. The Morgan fingerprint density at radius 3 is 0.774 bits per heavy atom. The zero-order valence-corrected chi connectivity index (χ0v) is 15.8. The van der Waals surface area contributed by atoms with Crippen molar-refractivity contribution in [2.75, 3.05) is 0 Å². The summed E-state index contributed by atoms with van der Waals surface area (Å²) in [6, 6.07) is 0. The highest BCUT2D eigenvalue weighted by Gasteiger charge is 2.79. The second-order valence-electron chi connectivity index (χ2n) is 6.37. The van der Waals surface area contributed by atoms with Gasteiger partial charge in [-0.1, -0.05) is 0 Å². The molecule has 0 spiro atoms. The van der Waals surface area contributed by atoms with E-state index in [0.29, 0.717) is 0 Å². The monoisotopic (exact) mass is 524 g/mol. The molecule has 0 aromatic heterocycles. The lowest BCUT2D eigenvalue weighted by atomic mass is 10.1. The molecule has 0 atom stereocenters. The van der Waals surface area contributed by atoms with Crippen LogP contribution in [0.2, 0.25) is 0 Å². The molecular weight excluding hydrogens is 514 g/mol. The molecule has 0 heterocycles. The van der Waals surface area contributed by atoms with Crippen molar-refractivity contribution < 1.29 is 79.0 Å². The van der Waals surface area contributed by atoms with Crippen LogP contribution in [0, 0.1) is 0 Å². The lowest BCUT2D eigenvalue weighted by Crippen LogP contribution is -2.66. The van der Waals surface area contributed by atoms with Crippen molar-refractivity contribution in [2.24, 2.45) is 0 Å². The van der Waals surface area contributed by atoms with Crippen molar-refractivity contribution in [1.82, 2.24) is 0 Å². The van der Waals surface area contributed by atoms with Gasteiger partial charge in [0.2, 0.25) is 9.52 Å². The molecule has 0 rings (SSSR count). The van der Waals surface area contributed by atoms with E-state index in [0.717, 1.165) is 0 Å². The van der Waals surface area contributed by atoms with E-state index >= 15 is 0 Å². The molecule has 0 aliphatic heterocycles. The van der Waals surface area contributed by atoms with Crippen LogP contribution in [-0.4, -0.2) is 56.7 Å². The molecule has 0 amide bonds. The fourth-order valence-corrected chi connectivity index (χ4v) is 3.47. The van der Waals surface area contributed by atoms with Gasteiger partial charge in [0.15, 0.2) is 0 Å². The van der Waals surface area contributed by atoms with Crippen LogP contribution in [0.5, 0.6) is 0 Å². The maximum atomic E-state index is 13.4. The first kappa shape index (κ1) is 30.0. The van der Waals surface area contributed by atoms with Crippen molar-refractivity contribution in [3.8, 4) is 0 Å². The summed E-state index contributed by atoms with van der Waals surface area (Å²) in [6.45, 7) is 0. The van der Waals surface area contributed by atoms with Crippen LogP contribution in [0.4, 0.5) is 79.0 Å². The molecular formula is C12H10F18Si. The highest BCUT2D eigenvalue weighted by atomic mass is 28.2. The predicted molar refractivity (Wildman–Crippen MR) is 68.8 cm³/mol. The molecule has 0 saturated heterocycles. The maximum Gasteiger partial charge on any atom is 0.389 e. The fourth-order valence-electron chi connectivity index (χ4n) is 1.95. The smallest absolute Gasteiger partial charge is 0.205 e. The first-order chi connectivity index (χ1) is 13.1. The largest absolute Gasteiger partial charge is 0.389 e. The molecule has 31 heavy (non-hydrogen) atoms. The number of hydrogen-bond acceptors (Lipinski definition) is 0. The van der Waals surface area contributed by atoms with E-state index in [1.54, 1.807) is 0 Å². The van der Waals surface area contributed by atoms with Crippen LogP contribution < -0.4 is 0 Å². The zero-order chi connectivity index (χ0) is 25.5. The Kier molecular flexibility index (Phi) is 8.10. The van der Waals surface area contributed by atoms with Crippen LogP contribution in [-0.2, 0) is 0 Å². The van der Waals surface area contributed by atoms with Gasteiger partial charge in [-0.05, 0) is 0 Å². The number of halogens is 18. The van der Waals surface area contributed by atoms with E-state index in [9.17, 15) is 79.0 Å². The number of rotatable bonds is 10. The first-order valence-corrected chi connectivity index (χ1v) is 8.94. The van der Waals surface area contributed by atoms with Gasteiger partial charge in [-0.15, -0.1) is 0 Å². The third-order valence-electron chi connectivity index (χ3n) is 3.73. The molecule has 0 nitrogen and oxygen atoms in total. The quantitative estimate of drug-likeness (QED) is 0.224. The average molecular weight is 524 g/mol. The second kappa shape index (κ2) is 8.38. The van der Waals surface area contributed by atoms with E-state index in [1.165, 1.54) is 0 Å². The van der Waals surface area contributed by atoms with Crippen LogP contribution in [0.15, 0.2) is 0 Å². The van der Waals surface area contributed by atoms with Gasteiger partial charge in [-0.25, -0.2) is 17.6 Å². The molecule has 0 saturated carbocycles.